The van der Waals surface area contributed by atoms with Crippen molar-refractivity contribution in [2.45, 2.75) is 18.8 Å². The number of hydrogen-bond donors (Lipinski definition) is 1. The predicted octanol–water partition coefficient (Wildman–Crippen LogP) is 3.56. The second-order valence-electron chi connectivity index (χ2n) is 4.07. The Morgan fingerprint density at radius 1 is 1.18 bits per heavy atom. The third-order valence-corrected chi connectivity index (χ3v) is 3.89. The molecule has 0 bridgehead atoms. The second kappa shape index (κ2) is 5.94. The first-order valence-electron chi connectivity index (χ1n) is 5.78. The van der Waals surface area contributed by atoms with E-state index in [1.807, 2.05) is 18.2 Å². The van der Waals surface area contributed by atoms with Crippen molar-refractivity contribution in [2.24, 2.45) is 5.73 Å². The molecule has 0 saturated carbocycles. The fraction of sp³-hybridized carbons (Fsp3) is 0.286. The number of hydrogen-bond acceptors (Lipinski definition) is 2. The maximum Gasteiger partial charge on any atom is 0.126 e. The van der Waals surface area contributed by atoms with Crippen LogP contribution in [0.2, 0.25) is 0 Å². The second-order valence-corrected chi connectivity index (χ2v) is 5.10. The summed E-state index contributed by atoms with van der Waals surface area (Å²) in [5.74, 6) is -0.0348. The Morgan fingerprint density at radius 2 is 2.00 bits per heavy atom. The van der Waals surface area contributed by atoms with Crippen LogP contribution in [0.15, 0.2) is 41.8 Å². The lowest BCUT2D eigenvalue weighted by Gasteiger charge is -2.15. The molecule has 2 N–H and O–H groups in total. The van der Waals surface area contributed by atoms with Crippen molar-refractivity contribution < 1.29 is 4.39 Å². The van der Waals surface area contributed by atoms with Gasteiger partial charge in [-0.1, -0.05) is 24.3 Å². The molecular formula is C14H16FNS. The van der Waals surface area contributed by atoms with Crippen LogP contribution >= 0.6 is 11.3 Å². The first kappa shape index (κ1) is 12.3. The summed E-state index contributed by atoms with van der Waals surface area (Å²) in [5.41, 5.74) is 6.49. The Balaban J connectivity index is 2.04. The fourth-order valence-electron chi connectivity index (χ4n) is 1.98. The minimum absolute atomic E-state index is 0.110. The molecule has 2 aromatic rings. The molecule has 0 radical (unpaired) electrons. The summed E-state index contributed by atoms with van der Waals surface area (Å²) in [7, 11) is 0. The van der Waals surface area contributed by atoms with E-state index in [4.69, 9.17) is 5.73 Å². The maximum absolute atomic E-state index is 13.6. The van der Waals surface area contributed by atoms with E-state index in [0.29, 0.717) is 6.54 Å². The zero-order valence-corrected chi connectivity index (χ0v) is 10.4. The highest BCUT2D eigenvalue weighted by Gasteiger charge is 2.13. The van der Waals surface area contributed by atoms with Crippen molar-refractivity contribution in [3.63, 3.8) is 0 Å². The van der Waals surface area contributed by atoms with Gasteiger partial charge in [-0.15, -0.1) is 11.3 Å². The van der Waals surface area contributed by atoms with E-state index in [2.05, 4.69) is 11.4 Å². The molecule has 1 unspecified atom stereocenters. The van der Waals surface area contributed by atoms with Gasteiger partial charge in [0.2, 0.25) is 0 Å². The maximum atomic E-state index is 13.6. The molecule has 0 aliphatic rings. The minimum Gasteiger partial charge on any atom is -0.330 e. The average Bonchev–Trinajstić information content (AvgIpc) is 2.85. The van der Waals surface area contributed by atoms with Crippen LogP contribution in [0.4, 0.5) is 4.39 Å². The standard InChI is InChI=1S/C14H16FNS/c15-14-6-2-1-5-13(14)11(10-16)7-8-12-4-3-9-17-12/h1-6,9,11H,7-8,10,16H2. The summed E-state index contributed by atoms with van der Waals surface area (Å²) in [4.78, 5) is 1.33. The lowest BCUT2D eigenvalue weighted by molar-refractivity contribution is 0.559. The van der Waals surface area contributed by atoms with Gasteiger partial charge in [0.05, 0.1) is 0 Å². The van der Waals surface area contributed by atoms with Crippen molar-refractivity contribution in [1.82, 2.24) is 0 Å². The number of rotatable bonds is 5. The molecule has 17 heavy (non-hydrogen) atoms. The topological polar surface area (TPSA) is 26.0 Å². The van der Waals surface area contributed by atoms with Crippen LogP contribution in [0.1, 0.15) is 22.8 Å². The van der Waals surface area contributed by atoms with Crippen molar-refractivity contribution in [1.29, 1.82) is 0 Å². The van der Waals surface area contributed by atoms with E-state index in [0.717, 1.165) is 18.4 Å². The Hall–Kier alpha value is -1.19. The zero-order valence-electron chi connectivity index (χ0n) is 9.60. The van der Waals surface area contributed by atoms with Gasteiger partial charge in [0.1, 0.15) is 5.82 Å². The number of thiophene rings is 1. The largest absolute Gasteiger partial charge is 0.330 e. The molecule has 1 atom stereocenters. The number of aryl methyl sites for hydroxylation is 1. The molecule has 0 aliphatic carbocycles. The van der Waals surface area contributed by atoms with Crippen LogP contribution in [-0.2, 0) is 6.42 Å². The molecule has 0 saturated heterocycles. The first-order valence-corrected chi connectivity index (χ1v) is 6.66. The lowest BCUT2D eigenvalue weighted by atomic mass is 9.93. The van der Waals surface area contributed by atoms with E-state index in [-0.39, 0.29) is 11.7 Å². The molecular weight excluding hydrogens is 233 g/mol. The summed E-state index contributed by atoms with van der Waals surface area (Å²) in [6.07, 6.45) is 1.87. The molecule has 0 spiro atoms. The Labute approximate surface area is 105 Å². The summed E-state index contributed by atoms with van der Waals surface area (Å²) in [5, 5.41) is 2.07. The van der Waals surface area contributed by atoms with Gasteiger partial charge < -0.3 is 5.73 Å². The van der Waals surface area contributed by atoms with Gasteiger partial charge in [-0.05, 0) is 48.4 Å². The van der Waals surface area contributed by atoms with Gasteiger partial charge in [-0.25, -0.2) is 4.39 Å². The molecule has 90 valence electrons. The van der Waals surface area contributed by atoms with Crippen molar-refractivity contribution in [3.05, 3.63) is 58.0 Å². The quantitative estimate of drug-likeness (QED) is 0.861. The smallest absolute Gasteiger partial charge is 0.126 e. The molecule has 0 fully saturated rings. The summed E-state index contributed by atoms with van der Waals surface area (Å²) in [6.45, 7) is 0.492. The van der Waals surface area contributed by atoms with Crippen LogP contribution in [0, 0.1) is 5.82 Å². The van der Waals surface area contributed by atoms with Crippen LogP contribution in [0.25, 0.3) is 0 Å². The highest BCUT2D eigenvalue weighted by Crippen LogP contribution is 2.24. The van der Waals surface area contributed by atoms with Gasteiger partial charge in [-0.3, -0.25) is 0 Å². The van der Waals surface area contributed by atoms with Gasteiger partial charge in [0, 0.05) is 4.88 Å². The molecule has 2 rings (SSSR count). The molecule has 0 amide bonds. The van der Waals surface area contributed by atoms with Gasteiger partial charge in [0.15, 0.2) is 0 Å². The van der Waals surface area contributed by atoms with Crippen LogP contribution in [0.3, 0.4) is 0 Å². The van der Waals surface area contributed by atoms with Crippen LogP contribution < -0.4 is 5.73 Å². The Morgan fingerprint density at radius 3 is 2.65 bits per heavy atom. The third-order valence-electron chi connectivity index (χ3n) is 2.95. The van der Waals surface area contributed by atoms with E-state index >= 15 is 0 Å². The van der Waals surface area contributed by atoms with Crippen LogP contribution in [0.5, 0.6) is 0 Å². The Bertz CT molecular complexity index is 453. The molecule has 0 aliphatic heterocycles. The molecule has 1 aromatic heterocycles. The van der Waals surface area contributed by atoms with Gasteiger partial charge in [-0.2, -0.15) is 0 Å². The van der Waals surface area contributed by atoms with Crippen molar-refractivity contribution in [2.75, 3.05) is 6.54 Å². The normalized spacial score (nSPS) is 12.6. The molecule has 1 heterocycles. The number of benzene rings is 1. The predicted molar refractivity (Wildman–Crippen MR) is 70.8 cm³/mol. The summed E-state index contributed by atoms with van der Waals surface area (Å²) in [6, 6.07) is 11.1. The van der Waals surface area contributed by atoms with Crippen molar-refractivity contribution >= 4 is 11.3 Å². The average molecular weight is 249 g/mol. The SMILES string of the molecule is NCC(CCc1cccs1)c1ccccc1F. The summed E-state index contributed by atoms with van der Waals surface area (Å²) >= 11 is 1.74. The van der Waals surface area contributed by atoms with Crippen molar-refractivity contribution in [3.8, 4) is 0 Å². The third kappa shape index (κ3) is 3.14. The fourth-order valence-corrected chi connectivity index (χ4v) is 2.70. The highest BCUT2D eigenvalue weighted by molar-refractivity contribution is 7.09. The molecule has 1 nitrogen and oxygen atoms in total. The minimum atomic E-state index is -0.144. The van der Waals surface area contributed by atoms with E-state index < -0.39 is 0 Å². The highest BCUT2D eigenvalue weighted by atomic mass is 32.1. The first-order chi connectivity index (χ1) is 8.31. The van der Waals surface area contributed by atoms with E-state index in [1.54, 1.807) is 17.4 Å². The monoisotopic (exact) mass is 249 g/mol. The van der Waals surface area contributed by atoms with Gasteiger partial charge >= 0.3 is 0 Å². The summed E-state index contributed by atoms with van der Waals surface area (Å²) < 4.78 is 13.6. The van der Waals surface area contributed by atoms with E-state index in [9.17, 15) is 4.39 Å². The van der Waals surface area contributed by atoms with Crippen LogP contribution in [-0.4, -0.2) is 6.54 Å². The molecule has 3 heteroatoms. The number of nitrogens with two attached hydrogens (primary N) is 1. The zero-order chi connectivity index (χ0) is 12.1. The lowest BCUT2D eigenvalue weighted by Crippen LogP contribution is -2.14. The Kier molecular flexibility index (Phi) is 4.29. The molecule has 1 aromatic carbocycles. The number of halogens is 1. The van der Waals surface area contributed by atoms with E-state index in [1.165, 1.54) is 10.9 Å². The van der Waals surface area contributed by atoms with Gasteiger partial charge in [0.25, 0.3) is 0 Å².